The second-order valence-corrected chi connectivity index (χ2v) is 4.37. The van der Waals surface area contributed by atoms with Gasteiger partial charge in [0.05, 0.1) is 6.04 Å². The molecule has 2 aromatic heterocycles. The molecule has 0 radical (unpaired) electrons. The summed E-state index contributed by atoms with van der Waals surface area (Å²) in [4.78, 5) is 4.32. The van der Waals surface area contributed by atoms with Gasteiger partial charge in [0.2, 0.25) is 0 Å². The summed E-state index contributed by atoms with van der Waals surface area (Å²) in [6.45, 7) is 4.21. The predicted octanol–water partition coefficient (Wildman–Crippen LogP) is 3.62. The summed E-state index contributed by atoms with van der Waals surface area (Å²) in [7, 11) is 0. The van der Waals surface area contributed by atoms with Crippen LogP contribution in [-0.2, 0) is 0 Å². The van der Waals surface area contributed by atoms with E-state index in [1.165, 1.54) is 11.1 Å². The van der Waals surface area contributed by atoms with Gasteiger partial charge in [-0.15, -0.1) is 0 Å². The molecule has 1 unspecified atom stereocenters. The topological polar surface area (TPSA) is 24.9 Å². The summed E-state index contributed by atoms with van der Waals surface area (Å²) in [6.07, 6.45) is 1.82. The molecule has 0 spiro atoms. The van der Waals surface area contributed by atoms with Crippen molar-refractivity contribution in [1.82, 2.24) is 4.98 Å². The van der Waals surface area contributed by atoms with Crippen molar-refractivity contribution in [2.24, 2.45) is 0 Å². The van der Waals surface area contributed by atoms with Gasteiger partial charge in [-0.1, -0.05) is 6.07 Å². The molecule has 0 saturated heterocycles. The van der Waals surface area contributed by atoms with Crippen LogP contribution in [0.3, 0.4) is 0 Å². The van der Waals surface area contributed by atoms with Crippen LogP contribution in [-0.4, -0.2) is 4.98 Å². The monoisotopic (exact) mass is 218 g/mol. The lowest BCUT2D eigenvalue weighted by Crippen LogP contribution is -2.07. The first kappa shape index (κ1) is 10.2. The fourth-order valence-corrected chi connectivity index (χ4v) is 2.20. The van der Waals surface area contributed by atoms with E-state index in [1.54, 1.807) is 11.3 Å². The fourth-order valence-electron chi connectivity index (χ4n) is 1.45. The lowest BCUT2D eigenvalue weighted by atomic mass is 10.2. The molecular formula is C12H14N2S. The number of pyridine rings is 1. The highest BCUT2D eigenvalue weighted by atomic mass is 32.1. The van der Waals surface area contributed by atoms with Crippen LogP contribution in [0, 0.1) is 6.92 Å². The van der Waals surface area contributed by atoms with E-state index in [2.05, 4.69) is 47.0 Å². The molecule has 78 valence electrons. The molecule has 3 heteroatoms. The SMILES string of the molecule is Cc1cccnc1NC(C)c1ccsc1. The van der Waals surface area contributed by atoms with Crippen molar-refractivity contribution < 1.29 is 0 Å². The fraction of sp³-hybridized carbons (Fsp3) is 0.250. The molecule has 1 atom stereocenters. The molecule has 0 saturated carbocycles. The molecule has 2 aromatic rings. The molecular weight excluding hydrogens is 204 g/mol. The lowest BCUT2D eigenvalue weighted by molar-refractivity contribution is 0.877. The zero-order valence-corrected chi connectivity index (χ0v) is 9.71. The van der Waals surface area contributed by atoms with E-state index in [1.807, 2.05) is 12.3 Å². The third kappa shape index (κ3) is 2.36. The summed E-state index contributed by atoms with van der Waals surface area (Å²) in [6, 6.07) is 6.47. The number of rotatable bonds is 3. The average molecular weight is 218 g/mol. The van der Waals surface area contributed by atoms with Crippen molar-refractivity contribution in [2.75, 3.05) is 5.32 Å². The van der Waals surface area contributed by atoms with Crippen LogP contribution in [0.5, 0.6) is 0 Å². The van der Waals surface area contributed by atoms with Gasteiger partial charge in [0.15, 0.2) is 0 Å². The highest BCUT2D eigenvalue weighted by Gasteiger charge is 2.07. The highest BCUT2D eigenvalue weighted by molar-refractivity contribution is 7.07. The van der Waals surface area contributed by atoms with Crippen molar-refractivity contribution in [3.63, 3.8) is 0 Å². The molecule has 0 aromatic carbocycles. The van der Waals surface area contributed by atoms with Crippen LogP contribution in [0.2, 0.25) is 0 Å². The molecule has 0 fully saturated rings. The maximum atomic E-state index is 4.32. The van der Waals surface area contributed by atoms with Gasteiger partial charge in [-0.2, -0.15) is 11.3 Å². The molecule has 2 rings (SSSR count). The van der Waals surface area contributed by atoms with Gasteiger partial charge in [0, 0.05) is 6.20 Å². The molecule has 2 heterocycles. The Hall–Kier alpha value is -1.35. The molecule has 0 aliphatic rings. The number of anilines is 1. The largest absolute Gasteiger partial charge is 0.363 e. The van der Waals surface area contributed by atoms with E-state index in [0.29, 0.717) is 6.04 Å². The molecule has 2 nitrogen and oxygen atoms in total. The first-order chi connectivity index (χ1) is 7.27. The third-order valence-electron chi connectivity index (χ3n) is 2.41. The minimum Gasteiger partial charge on any atom is -0.363 e. The van der Waals surface area contributed by atoms with Gasteiger partial charge in [0.1, 0.15) is 5.82 Å². The van der Waals surface area contributed by atoms with Gasteiger partial charge < -0.3 is 5.32 Å². The maximum absolute atomic E-state index is 4.32. The summed E-state index contributed by atoms with van der Waals surface area (Å²) in [5.74, 6) is 0.969. The van der Waals surface area contributed by atoms with Crippen LogP contribution in [0.4, 0.5) is 5.82 Å². The van der Waals surface area contributed by atoms with Gasteiger partial charge in [-0.3, -0.25) is 0 Å². The molecule has 1 N–H and O–H groups in total. The Morgan fingerprint density at radius 2 is 2.27 bits per heavy atom. The van der Waals surface area contributed by atoms with E-state index in [-0.39, 0.29) is 0 Å². The Morgan fingerprint density at radius 1 is 1.40 bits per heavy atom. The van der Waals surface area contributed by atoms with Crippen LogP contribution in [0.25, 0.3) is 0 Å². The number of aromatic nitrogens is 1. The maximum Gasteiger partial charge on any atom is 0.129 e. The van der Waals surface area contributed by atoms with E-state index in [9.17, 15) is 0 Å². The minimum atomic E-state index is 0.310. The van der Waals surface area contributed by atoms with Crippen LogP contribution < -0.4 is 5.32 Å². The number of nitrogens with zero attached hydrogens (tertiary/aromatic N) is 1. The van der Waals surface area contributed by atoms with Gasteiger partial charge in [0.25, 0.3) is 0 Å². The van der Waals surface area contributed by atoms with Crippen LogP contribution in [0.1, 0.15) is 24.1 Å². The standard InChI is InChI=1S/C12H14N2S/c1-9-4-3-6-13-12(9)14-10(2)11-5-7-15-8-11/h3-8,10H,1-2H3,(H,13,14). The normalized spacial score (nSPS) is 12.4. The number of hydrogen-bond acceptors (Lipinski definition) is 3. The lowest BCUT2D eigenvalue weighted by Gasteiger charge is -2.14. The van der Waals surface area contributed by atoms with E-state index < -0.39 is 0 Å². The van der Waals surface area contributed by atoms with Gasteiger partial charge in [-0.05, 0) is 47.9 Å². The number of hydrogen-bond donors (Lipinski definition) is 1. The quantitative estimate of drug-likeness (QED) is 0.851. The first-order valence-corrected chi connectivity index (χ1v) is 5.92. The molecule has 0 amide bonds. The van der Waals surface area contributed by atoms with Crippen molar-refractivity contribution >= 4 is 17.2 Å². The van der Waals surface area contributed by atoms with Gasteiger partial charge >= 0.3 is 0 Å². The van der Waals surface area contributed by atoms with E-state index in [0.717, 1.165) is 5.82 Å². The average Bonchev–Trinajstić information content (AvgIpc) is 2.74. The Kier molecular flexibility index (Phi) is 3.02. The summed E-state index contributed by atoms with van der Waals surface area (Å²) >= 11 is 1.72. The zero-order valence-electron chi connectivity index (χ0n) is 8.90. The van der Waals surface area contributed by atoms with Crippen molar-refractivity contribution in [3.05, 3.63) is 46.3 Å². The third-order valence-corrected chi connectivity index (χ3v) is 3.11. The predicted molar refractivity (Wildman–Crippen MR) is 65.3 cm³/mol. The molecule has 0 aliphatic carbocycles. The Bertz CT molecular complexity index is 423. The van der Waals surface area contributed by atoms with E-state index >= 15 is 0 Å². The van der Waals surface area contributed by atoms with Crippen molar-refractivity contribution in [1.29, 1.82) is 0 Å². The Balaban J connectivity index is 2.13. The number of aryl methyl sites for hydroxylation is 1. The second kappa shape index (κ2) is 4.45. The summed E-state index contributed by atoms with van der Waals surface area (Å²) in [5.41, 5.74) is 2.49. The number of nitrogens with one attached hydrogen (secondary N) is 1. The minimum absolute atomic E-state index is 0.310. The van der Waals surface area contributed by atoms with E-state index in [4.69, 9.17) is 0 Å². The van der Waals surface area contributed by atoms with Crippen LogP contribution in [0.15, 0.2) is 35.2 Å². The highest BCUT2D eigenvalue weighted by Crippen LogP contribution is 2.21. The van der Waals surface area contributed by atoms with Crippen molar-refractivity contribution in [3.8, 4) is 0 Å². The molecule has 15 heavy (non-hydrogen) atoms. The summed E-state index contributed by atoms with van der Waals surface area (Å²) in [5, 5.41) is 7.67. The second-order valence-electron chi connectivity index (χ2n) is 3.59. The zero-order chi connectivity index (χ0) is 10.7. The smallest absolute Gasteiger partial charge is 0.129 e. The van der Waals surface area contributed by atoms with Gasteiger partial charge in [-0.25, -0.2) is 4.98 Å². The Labute approximate surface area is 94.0 Å². The van der Waals surface area contributed by atoms with Crippen LogP contribution >= 0.6 is 11.3 Å². The first-order valence-electron chi connectivity index (χ1n) is 4.97. The van der Waals surface area contributed by atoms with Crippen molar-refractivity contribution in [2.45, 2.75) is 19.9 Å². The number of thiophene rings is 1. The molecule has 0 bridgehead atoms. The summed E-state index contributed by atoms with van der Waals surface area (Å²) < 4.78 is 0. The Morgan fingerprint density at radius 3 is 2.93 bits per heavy atom. The molecule has 0 aliphatic heterocycles.